The second-order valence-corrected chi connectivity index (χ2v) is 5.25. The molecule has 0 saturated carbocycles. The average molecular weight is 339 g/mol. The van der Waals surface area contributed by atoms with Gasteiger partial charge in [-0.15, -0.1) is 0 Å². The van der Waals surface area contributed by atoms with Gasteiger partial charge >= 0.3 is 0 Å². The fourth-order valence-electron chi connectivity index (χ4n) is 2.19. The van der Waals surface area contributed by atoms with Gasteiger partial charge in [-0.2, -0.15) is 0 Å². The van der Waals surface area contributed by atoms with E-state index < -0.39 is 17.6 Å². The van der Waals surface area contributed by atoms with E-state index in [1.54, 1.807) is 6.07 Å². The van der Waals surface area contributed by atoms with E-state index in [4.69, 9.17) is 4.52 Å². The van der Waals surface area contributed by atoms with Crippen LogP contribution in [0.5, 0.6) is 0 Å². The molecular weight excluding hydrogens is 325 g/mol. The van der Waals surface area contributed by atoms with Crippen molar-refractivity contribution in [2.75, 3.05) is 0 Å². The maximum Gasteiger partial charge on any atom is 0.291 e. The Morgan fingerprint density at radius 2 is 1.80 bits per heavy atom. The van der Waals surface area contributed by atoms with Crippen LogP contribution < -0.4 is 10.9 Å². The minimum Gasteiger partial charge on any atom is -0.355 e. The van der Waals surface area contributed by atoms with Crippen molar-refractivity contribution in [3.05, 3.63) is 77.7 Å². The largest absolute Gasteiger partial charge is 0.355 e. The first-order valence-corrected chi connectivity index (χ1v) is 7.47. The number of carbonyl (C=O) groups excluding carboxylic acids is 2. The average Bonchev–Trinajstić information content (AvgIpc) is 3.11. The molecule has 0 fully saturated rings. The molecule has 0 bridgehead atoms. The zero-order valence-electron chi connectivity index (χ0n) is 13.0. The second kappa shape index (κ2) is 7.39. The summed E-state index contributed by atoms with van der Waals surface area (Å²) >= 11 is 0. The monoisotopic (exact) mass is 339 g/mol. The molecule has 0 saturated heterocycles. The van der Waals surface area contributed by atoms with E-state index in [2.05, 4.69) is 16.0 Å². The lowest BCUT2D eigenvalue weighted by molar-refractivity contribution is -0.121. The number of rotatable bonds is 4. The summed E-state index contributed by atoms with van der Waals surface area (Å²) in [5.41, 5.74) is 5.81. The first kappa shape index (κ1) is 16.4. The summed E-state index contributed by atoms with van der Waals surface area (Å²) in [6, 6.07) is 16.3. The van der Waals surface area contributed by atoms with Gasteiger partial charge in [0.1, 0.15) is 5.82 Å². The highest BCUT2D eigenvalue weighted by molar-refractivity contribution is 5.94. The van der Waals surface area contributed by atoms with Crippen molar-refractivity contribution in [2.45, 2.75) is 6.42 Å². The number of carbonyl (C=O) groups is 2. The van der Waals surface area contributed by atoms with E-state index in [-0.39, 0.29) is 12.1 Å². The highest BCUT2D eigenvalue weighted by Gasteiger charge is 2.14. The van der Waals surface area contributed by atoms with Crippen LogP contribution in [0.2, 0.25) is 0 Å². The summed E-state index contributed by atoms with van der Waals surface area (Å²) < 4.78 is 18.2. The third-order valence-electron chi connectivity index (χ3n) is 3.37. The molecule has 0 radical (unpaired) electrons. The predicted octanol–water partition coefficient (Wildman–Crippen LogP) is 2.48. The van der Waals surface area contributed by atoms with E-state index in [9.17, 15) is 14.0 Å². The van der Waals surface area contributed by atoms with Crippen LogP contribution in [0.1, 0.15) is 16.1 Å². The Bertz CT molecular complexity index is 893. The minimum absolute atomic E-state index is 0.0323. The Morgan fingerprint density at radius 1 is 1.00 bits per heavy atom. The summed E-state index contributed by atoms with van der Waals surface area (Å²) in [7, 11) is 0. The normalized spacial score (nSPS) is 10.3. The molecule has 1 heterocycles. The van der Waals surface area contributed by atoms with Gasteiger partial charge in [0.15, 0.2) is 11.5 Å². The molecule has 7 heteroatoms. The molecule has 0 spiro atoms. The summed E-state index contributed by atoms with van der Waals surface area (Å²) in [5, 5.41) is 3.68. The van der Waals surface area contributed by atoms with Crippen molar-refractivity contribution < 1.29 is 18.5 Å². The number of benzene rings is 2. The van der Waals surface area contributed by atoms with E-state index in [1.165, 1.54) is 24.3 Å². The Labute approximate surface area is 142 Å². The van der Waals surface area contributed by atoms with Crippen LogP contribution in [0.4, 0.5) is 4.39 Å². The number of nitrogens with zero attached hydrogens (tertiary/aromatic N) is 1. The first-order valence-electron chi connectivity index (χ1n) is 7.47. The third-order valence-corrected chi connectivity index (χ3v) is 3.37. The smallest absolute Gasteiger partial charge is 0.291 e. The molecule has 3 aromatic rings. The van der Waals surface area contributed by atoms with E-state index in [0.717, 1.165) is 5.56 Å². The van der Waals surface area contributed by atoms with Gasteiger partial charge in [-0.1, -0.05) is 47.6 Å². The second-order valence-electron chi connectivity index (χ2n) is 5.25. The van der Waals surface area contributed by atoms with Crippen LogP contribution in [0, 0.1) is 5.82 Å². The van der Waals surface area contributed by atoms with Crippen LogP contribution in [-0.4, -0.2) is 17.0 Å². The summed E-state index contributed by atoms with van der Waals surface area (Å²) in [6.07, 6.45) is -0.0634. The van der Waals surface area contributed by atoms with Crippen molar-refractivity contribution in [1.29, 1.82) is 0 Å². The van der Waals surface area contributed by atoms with Crippen LogP contribution in [0.15, 0.2) is 65.2 Å². The molecule has 2 N–H and O–H groups in total. The van der Waals surface area contributed by atoms with E-state index >= 15 is 0 Å². The summed E-state index contributed by atoms with van der Waals surface area (Å²) in [4.78, 5) is 23.8. The Kier molecular flexibility index (Phi) is 4.84. The summed E-state index contributed by atoms with van der Waals surface area (Å²) in [6.45, 7) is 0. The molecule has 1 aromatic heterocycles. The van der Waals surface area contributed by atoms with Gasteiger partial charge in [-0.05, 0) is 17.7 Å². The molecule has 2 amide bonds. The molecule has 0 aliphatic rings. The lowest BCUT2D eigenvalue weighted by Crippen LogP contribution is -2.42. The number of hydrogen-bond donors (Lipinski definition) is 2. The molecule has 2 aromatic carbocycles. The van der Waals surface area contributed by atoms with Gasteiger partial charge < -0.3 is 4.52 Å². The molecule has 3 rings (SSSR count). The molecule has 0 atom stereocenters. The zero-order chi connectivity index (χ0) is 17.6. The predicted molar refractivity (Wildman–Crippen MR) is 87.7 cm³/mol. The van der Waals surface area contributed by atoms with Crippen LogP contribution in [0.25, 0.3) is 11.3 Å². The molecule has 0 aliphatic heterocycles. The molecule has 0 unspecified atom stereocenters. The number of hydrazine groups is 1. The maximum absolute atomic E-state index is 13.1. The number of aromatic nitrogens is 1. The van der Waals surface area contributed by atoms with Gasteiger partial charge in [0.2, 0.25) is 5.91 Å². The topological polar surface area (TPSA) is 84.2 Å². The molecule has 0 aliphatic carbocycles. The van der Waals surface area contributed by atoms with Gasteiger partial charge in [0, 0.05) is 11.6 Å². The fraction of sp³-hybridized carbons (Fsp3) is 0.0556. The number of halogens is 1. The van der Waals surface area contributed by atoms with E-state index in [0.29, 0.717) is 11.3 Å². The number of amides is 2. The molecule has 6 nitrogen and oxygen atoms in total. The SMILES string of the molecule is O=C(Cc1cccc(F)c1)NNC(=O)c1cc(-c2ccccc2)on1. The summed E-state index contributed by atoms with van der Waals surface area (Å²) in [5.74, 6) is -1.08. The molecule has 25 heavy (non-hydrogen) atoms. The van der Waals surface area contributed by atoms with Crippen molar-refractivity contribution in [1.82, 2.24) is 16.0 Å². The highest BCUT2D eigenvalue weighted by atomic mass is 19.1. The van der Waals surface area contributed by atoms with Gasteiger partial charge in [0.25, 0.3) is 5.91 Å². The van der Waals surface area contributed by atoms with Crippen molar-refractivity contribution >= 4 is 11.8 Å². The lowest BCUT2D eigenvalue weighted by Gasteiger charge is -2.05. The molecule has 126 valence electrons. The number of hydrogen-bond acceptors (Lipinski definition) is 4. The van der Waals surface area contributed by atoms with Crippen LogP contribution in [0.3, 0.4) is 0 Å². The van der Waals surface area contributed by atoms with Gasteiger partial charge in [-0.3, -0.25) is 20.4 Å². The zero-order valence-corrected chi connectivity index (χ0v) is 13.0. The van der Waals surface area contributed by atoms with Gasteiger partial charge in [0.05, 0.1) is 6.42 Å². The van der Waals surface area contributed by atoms with Crippen molar-refractivity contribution in [3.63, 3.8) is 0 Å². The Balaban J connectivity index is 1.56. The molecular formula is C18H14FN3O3. The minimum atomic E-state index is -0.612. The maximum atomic E-state index is 13.1. The highest BCUT2D eigenvalue weighted by Crippen LogP contribution is 2.19. The quantitative estimate of drug-likeness (QED) is 0.715. The third kappa shape index (κ3) is 4.29. The van der Waals surface area contributed by atoms with Crippen molar-refractivity contribution in [3.8, 4) is 11.3 Å². The Hall–Kier alpha value is -3.48. The fourth-order valence-corrected chi connectivity index (χ4v) is 2.19. The van der Waals surface area contributed by atoms with Crippen LogP contribution in [-0.2, 0) is 11.2 Å². The van der Waals surface area contributed by atoms with Crippen molar-refractivity contribution in [2.24, 2.45) is 0 Å². The lowest BCUT2D eigenvalue weighted by atomic mass is 10.1. The van der Waals surface area contributed by atoms with Crippen LogP contribution >= 0.6 is 0 Å². The van der Waals surface area contributed by atoms with E-state index in [1.807, 2.05) is 30.3 Å². The standard InChI is InChI=1S/C18H14FN3O3/c19-14-8-4-5-12(9-14)10-17(23)20-21-18(24)15-11-16(25-22-15)13-6-2-1-3-7-13/h1-9,11H,10H2,(H,20,23)(H,21,24). The first-order chi connectivity index (χ1) is 12.1. The van der Waals surface area contributed by atoms with Gasteiger partial charge in [-0.25, -0.2) is 4.39 Å². The Morgan fingerprint density at radius 3 is 2.56 bits per heavy atom. The number of nitrogens with one attached hydrogen (secondary N) is 2.